The summed E-state index contributed by atoms with van der Waals surface area (Å²) in [5, 5.41) is 23.4. The van der Waals surface area contributed by atoms with E-state index in [1.165, 1.54) is 51.4 Å². The van der Waals surface area contributed by atoms with E-state index in [-0.39, 0.29) is 23.3 Å². The van der Waals surface area contributed by atoms with Crippen molar-refractivity contribution in [3.63, 3.8) is 0 Å². The predicted octanol–water partition coefficient (Wildman–Crippen LogP) is 5.40. The molecule has 4 aliphatic carbocycles. The van der Waals surface area contributed by atoms with Gasteiger partial charge in [-0.3, -0.25) is 4.79 Å². The van der Waals surface area contributed by atoms with Crippen molar-refractivity contribution in [2.24, 2.45) is 46.3 Å². The number of nitrogens with one attached hydrogen (secondary N) is 1. The molecule has 5 heteroatoms. The molecule has 4 fully saturated rings. The molecule has 1 amide bonds. The highest BCUT2D eigenvalue weighted by Gasteiger charge is 2.61. The second-order valence-corrected chi connectivity index (χ2v) is 12.9. The average molecular weight is 462 g/mol. The number of rotatable bonds is 7. The van der Waals surface area contributed by atoms with Crippen molar-refractivity contribution >= 4 is 11.9 Å². The zero-order valence-corrected chi connectivity index (χ0v) is 21.3. The summed E-state index contributed by atoms with van der Waals surface area (Å²) in [5.74, 6) is 1.85. The number of aliphatic hydroxyl groups is 1. The van der Waals surface area contributed by atoms with Crippen LogP contribution >= 0.6 is 0 Å². The Bertz CT molecular complexity index is 737. The number of carboxylic acids is 1. The molecule has 188 valence electrons. The molecule has 0 saturated heterocycles. The number of hydrogen-bond acceptors (Lipinski definition) is 3. The Labute approximate surface area is 200 Å². The quantitative estimate of drug-likeness (QED) is 0.474. The summed E-state index contributed by atoms with van der Waals surface area (Å²) in [6.07, 6.45) is 13.4. The number of hydrogen-bond donors (Lipinski definition) is 3. The third kappa shape index (κ3) is 4.48. The first kappa shape index (κ1) is 25.0. The van der Waals surface area contributed by atoms with E-state index < -0.39 is 12.0 Å². The maximum absolute atomic E-state index is 12.4. The fourth-order valence-corrected chi connectivity index (χ4v) is 9.11. The molecule has 0 bridgehead atoms. The molecule has 4 rings (SSSR count). The van der Waals surface area contributed by atoms with Crippen molar-refractivity contribution in [2.75, 3.05) is 0 Å². The molecule has 33 heavy (non-hydrogen) atoms. The molecular formula is C28H47NO4. The first-order valence-electron chi connectivity index (χ1n) is 13.8. The molecule has 0 spiro atoms. The van der Waals surface area contributed by atoms with Crippen molar-refractivity contribution in [3.05, 3.63) is 0 Å². The molecule has 0 aromatic carbocycles. The lowest BCUT2D eigenvalue weighted by atomic mass is 9.44. The molecule has 0 aliphatic heterocycles. The first-order valence-corrected chi connectivity index (χ1v) is 13.8. The molecule has 3 N–H and O–H groups in total. The van der Waals surface area contributed by atoms with Crippen molar-refractivity contribution in [1.29, 1.82) is 0 Å². The molecular weight excluding hydrogens is 414 g/mol. The second kappa shape index (κ2) is 9.51. The first-order chi connectivity index (χ1) is 15.6. The van der Waals surface area contributed by atoms with Gasteiger partial charge in [0.25, 0.3) is 0 Å². The van der Waals surface area contributed by atoms with E-state index >= 15 is 0 Å². The zero-order valence-electron chi connectivity index (χ0n) is 21.3. The van der Waals surface area contributed by atoms with Gasteiger partial charge in [-0.2, -0.15) is 0 Å². The van der Waals surface area contributed by atoms with Crippen molar-refractivity contribution in [1.82, 2.24) is 5.32 Å². The van der Waals surface area contributed by atoms with Crippen LogP contribution in [0.25, 0.3) is 0 Å². The minimum Gasteiger partial charge on any atom is -0.480 e. The van der Waals surface area contributed by atoms with E-state index in [1.807, 2.05) is 13.8 Å². The van der Waals surface area contributed by atoms with Crippen LogP contribution in [-0.4, -0.2) is 34.2 Å². The van der Waals surface area contributed by atoms with Crippen LogP contribution in [0, 0.1) is 46.3 Å². The fourth-order valence-electron chi connectivity index (χ4n) is 9.11. The van der Waals surface area contributed by atoms with E-state index in [1.54, 1.807) is 0 Å². The van der Waals surface area contributed by atoms with E-state index in [2.05, 4.69) is 19.2 Å². The van der Waals surface area contributed by atoms with Crippen LogP contribution in [0.5, 0.6) is 0 Å². The number of carbonyl (C=O) groups is 2. The van der Waals surface area contributed by atoms with Crippen molar-refractivity contribution < 1.29 is 19.8 Å². The van der Waals surface area contributed by atoms with Gasteiger partial charge in [0.2, 0.25) is 5.91 Å². The van der Waals surface area contributed by atoms with Crippen LogP contribution in [0.4, 0.5) is 0 Å². The molecule has 0 radical (unpaired) electrons. The summed E-state index contributed by atoms with van der Waals surface area (Å²) >= 11 is 0. The SMILES string of the molecule is CC(C)C(NC(=O)CCCC1CCC2C3C(O)CC4CCCCC4(C)C3CCC12C)C(=O)O. The Balaban J connectivity index is 1.37. The largest absolute Gasteiger partial charge is 0.480 e. The van der Waals surface area contributed by atoms with Crippen LogP contribution in [0.15, 0.2) is 0 Å². The molecule has 0 aromatic rings. The molecule has 9 atom stereocenters. The van der Waals surface area contributed by atoms with Gasteiger partial charge in [0.05, 0.1) is 6.10 Å². The van der Waals surface area contributed by atoms with Gasteiger partial charge in [-0.15, -0.1) is 0 Å². The highest BCUT2D eigenvalue weighted by Crippen LogP contribution is 2.67. The third-order valence-electron chi connectivity index (χ3n) is 11.0. The summed E-state index contributed by atoms with van der Waals surface area (Å²) in [4.78, 5) is 23.8. The number of amides is 1. The Morgan fingerprint density at radius 2 is 1.73 bits per heavy atom. The number of aliphatic carboxylic acids is 1. The monoisotopic (exact) mass is 461 g/mol. The molecule has 0 heterocycles. The van der Waals surface area contributed by atoms with Gasteiger partial charge in [-0.1, -0.05) is 40.5 Å². The lowest BCUT2D eigenvalue weighted by molar-refractivity contribution is -0.162. The maximum Gasteiger partial charge on any atom is 0.326 e. The van der Waals surface area contributed by atoms with Crippen LogP contribution < -0.4 is 5.32 Å². The third-order valence-corrected chi connectivity index (χ3v) is 11.0. The molecule has 4 saturated carbocycles. The second-order valence-electron chi connectivity index (χ2n) is 12.9. The maximum atomic E-state index is 12.4. The normalized spacial score (nSPS) is 43.3. The van der Waals surface area contributed by atoms with Crippen LogP contribution in [0.1, 0.15) is 105 Å². The van der Waals surface area contributed by atoms with Gasteiger partial charge >= 0.3 is 5.97 Å². The van der Waals surface area contributed by atoms with Crippen LogP contribution in [0.3, 0.4) is 0 Å². The lowest BCUT2D eigenvalue weighted by Crippen LogP contribution is -2.57. The summed E-state index contributed by atoms with van der Waals surface area (Å²) in [6.45, 7) is 8.68. The van der Waals surface area contributed by atoms with Gasteiger partial charge in [-0.05, 0) is 104 Å². The van der Waals surface area contributed by atoms with Crippen LogP contribution in [-0.2, 0) is 9.59 Å². The smallest absolute Gasteiger partial charge is 0.326 e. The highest BCUT2D eigenvalue weighted by atomic mass is 16.4. The number of carbonyl (C=O) groups excluding carboxylic acids is 1. The minimum atomic E-state index is -0.957. The number of fused-ring (bicyclic) bond motifs is 5. The summed E-state index contributed by atoms with van der Waals surface area (Å²) in [5.41, 5.74) is 0.703. The average Bonchev–Trinajstić information content (AvgIpc) is 3.08. The lowest BCUT2D eigenvalue weighted by Gasteiger charge is -2.62. The van der Waals surface area contributed by atoms with Gasteiger partial charge in [0, 0.05) is 6.42 Å². The molecule has 5 nitrogen and oxygen atoms in total. The Kier molecular flexibility index (Phi) is 7.21. The van der Waals surface area contributed by atoms with E-state index in [0.29, 0.717) is 41.4 Å². The number of aliphatic hydroxyl groups excluding tert-OH is 1. The van der Waals surface area contributed by atoms with E-state index in [9.17, 15) is 19.8 Å². The van der Waals surface area contributed by atoms with Gasteiger partial charge in [0.1, 0.15) is 6.04 Å². The summed E-state index contributed by atoms with van der Waals surface area (Å²) < 4.78 is 0. The van der Waals surface area contributed by atoms with Crippen molar-refractivity contribution in [2.45, 2.75) is 117 Å². The Morgan fingerprint density at radius 3 is 2.42 bits per heavy atom. The predicted molar refractivity (Wildman–Crippen MR) is 129 cm³/mol. The molecule has 9 unspecified atom stereocenters. The Hall–Kier alpha value is -1.10. The number of carboxylic acid groups (broad SMARTS) is 1. The van der Waals surface area contributed by atoms with Crippen molar-refractivity contribution in [3.8, 4) is 0 Å². The fraction of sp³-hybridized carbons (Fsp3) is 0.929. The highest BCUT2D eigenvalue weighted by molar-refractivity contribution is 5.83. The minimum absolute atomic E-state index is 0.122. The summed E-state index contributed by atoms with van der Waals surface area (Å²) in [7, 11) is 0. The van der Waals surface area contributed by atoms with E-state index in [4.69, 9.17) is 0 Å². The topological polar surface area (TPSA) is 86.6 Å². The van der Waals surface area contributed by atoms with Crippen LogP contribution in [0.2, 0.25) is 0 Å². The van der Waals surface area contributed by atoms with Gasteiger partial charge < -0.3 is 15.5 Å². The Morgan fingerprint density at radius 1 is 1.00 bits per heavy atom. The van der Waals surface area contributed by atoms with Gasteiger partial charge in [-0.25, -0.2) is 4.79 Å². The standard InChI is InChI=1S/C28H47NO4/c1-17(2)25(26(32)33)29-23(31)10-7-9-18-11-12-20-24-21(13-15-28(18,20)4)27(3)14-6-5-8-19(27)16-22(24)30/h17-22,24-25,30H,5-16H2,1-4H3,(H,29,31)(H,32,33). The molecule has 0 aromatic heterocycles. The summed E-state index contributed by atoms with van der Waals surface area (Å²) in [6, 6.07) is -0.807. The van der Waals surface area contributed by atoms with E-state index in [0.717, 1.165) is 19.3 Å². The zero-order chi connectivity index (χ0) is 24.0. The van der Waals surface area contributed by atoms with Gasteiger partial charge in [0.15, 0.2) is 0 Å². The molecule has 4 aliphatic rings.